The molecule has 0 aromatic carbocycles. The van der Waals surface area contributed by atoms with E-state index in [1.165, 1.54) is 5.01 Å². The Morgan fingerprint density at radius 2 is 2.50 bits per heavy atom. The molecule has 0 aliphatic heterocycles. The average Bonchev–Trinajstić information content (AvgIpc) is 2.75. The van der Waals surface area contributed by atoms with Crippen molar-refractivity contribution in [3.63, 3.8) is 0 Å². The van der Waals surface area contributed by atoms with Crippen molar-refractivity contribution in [3.05, 3.63) is 29.1 Å². The topological polar surface area (TPSA) is 30.7 Å². The maximum atomic E-state index is 4.41. The largest absolute Gasteiger partial charge is 0.290 e. The molecule has 4 heteroatoms. The monoisotopic (exact) mass is 179 g/mol. The van der Waals surface area contributed by atoms with Crippen LogP contribution in [0.1, 0.15) is 11.9 Å². The van der Waals surface area contributed by atoms with Gasteiger partial charge in [0.05, 0.1) is 5.01 Å². The van der Waals surface area contributed by atoms with Crippen molar-refractivity contribution in [3.8, 4) is 5.82 Å². The van der Waals surface area contributed by atoms with Crippen LogP contribution in [-0.4, -0.2) is 14.5 Å². The minimum Gasteiger partial charge on any atom is -0.290 e. The number of hydrogen-bond acceptors (Lipinski definition) is 3. The van der Waals surface area contributed by atoms with E-state index in [2.05, 4.69) is 16.9 Å². The SMILES string of the molecule is CCc1nc(-n2ccnc2)cs1. The van der Waals surface area contributed by atoms with Crippen LogP contribution >= 0.6 is 11.3 Å². The lowest BCUT2D eigenvalue weighted by atomic mass is 10.5. The Hall–Kier alpha value is -1.16. The third-order valence-corrected chi connectivity index (χ3v) is 2.59. The molecule has 0 N–H and O–H groups in total. The summed E-state index contributed by atoms with van der Waals surface area (Å²) in [6.07, 6.45) is 6.41. The first-order valence-corrected chi connectivity index (χ1v) is 4.71. The summed E-state index contributed by atoms with van der Waals surface area (Å²) in [7, 11) is 0. The van der Waals surface area contributed by atoms with E-state index in [0.717, 1.165) is 12.2 Å². The van der Waals surface area contributed by atoms with E-state index in [9.17, 15) is 0 Å². The first-order chi connectivity index (χ1) is 5.90. The van der Waals surface area contributed by atoms with Gasteiger partial charge in [-0.15, -0.1) is 11.3 Å². The molecule has 3 nitrogen and oxygen atoms in total. The van der Waals surface area contributed by atoms with Gasteiger partial charge in [-0.2, -0.15) is 0 Å². The maximum Gasteiger partial charge on any atom is 0.149 e. The number of nitrogens with zero attached hydrogens (tertiary/aromatic N) is 3. The van der Waals surface area contributed by atoms with Crippen LogP contribution in [0.4, 0.5) is 0 Å². The molecule has 12 heavy (non-hydrogen) atoms. The zero-order valence-corrected chi connectivity index (χ0v) is 7.58. The molecule has 0 aliphatic rings. The van der Waals surface area contributed by atoms with E-state index in [0.29, 0.717) is 0 Å². The Morgan fingerprint density at radius 3 is 3.08 bits per heavy atom. The summed E-state index contributed by atoms with van der Waals surface area (Å²) >= 11 is 1.69. The third kappa shape index (κ3) is 1.25. The Balaban J connectivity index is 2.35. The lowest BCUT2D eigenvalue weighted by Gasteiger charge is -1.92. The molecule has 2 heterocycles. The zero-order chi connectivity index (χ0) is 8.39. The highest BCUT2D eigenvalue weighted by Gasteiger charge is 2.00. The number of rotatable bonds is 2. The Kier molecular flexibility index (Phi) is 1.91. The summed E-state index contributed by atoms with van der Waals surface area (Å²) in [5.41, 5.74) is 0. The average molecular weight is 179 g/mol. The highest BCUT2D eigenvalue weighted by molar-refractivity contribution is 7.09. The molecule has 0 bridgehead atoms. The first kappa shape index (κ1) is 7.49. The van der Waals surface area contributed by atoms with Crippen molar-refractivity contribution < 1.29 is 0 Å². The molecule has 0 spiro atoms. The smallest absolute Gasteiger partial charge is 0.149 e. The van der Waals surface area contributed by atoms with Crippen LogP contribution in [0.15, 0.2) is 24.1 Å². The van der Waals surface area contributed by atoms with Gasteiger partial charge in [-0.25, -0.2) is 9.97 Å². The van der Waals surface area contributed by atoms with Crippen molar-refractivity contribution >= 4 is 11.3 Å². The van der Waals surface area contributed by atoms with Crippen molar-refractivity contribution in [1.29, 1.82) is 0 Å². The second-order valence-corrected chi connectivity index (χ2v) is 3.37. The lowest BCUT2D eigenvalue weighted by Crippen LogP contribution is -1.89. The van der Waals surface area contributed by atoms with E-state index < -0.39 is 0 Å². The van der Waals surface area contributed by atoms with E-state index in [1.807, 2.05) is 16.1 Å². The second-order valence-electron chi connectivity index (χ2n) is 2.42. The Bertz CT molecular complexity index is 350. The minimum atomic E-state index is 0.967. The molecule has 0 aliphatic carbocycles. The van der Waals surface area contributed by atoms with E-state index in [-0.39, 0.29) is 0 Å². The van der Waals surface area contributed by atoms with Crippen LogP contribution in [0.2, 0.25) is 0 Å². The molecule has 0 saturated heterocycles. The van der Waals surface area contributed by atoms with Gasteiger partial charge in [-0.3, -0.25) is 4.57 Å². The van der Waals surface area contributed by atoms with Crippen molar-refractivity contribution in [2.75, 3.05) is 0 Å². The maximum absolute atomic E-state index is 4.41. The molecular formula is C8H9N3S. The third-order valence-electron chi connectivity index (χ3n) is 1.61. The fourth-order valence-corrected chi connectivity index (χ4v) is 1.71. The van der Waals surface area contributed by atoms with Crippen LogP contribution in [0.25, 0.3) is 5.82 Å². The van der Waals surface area contributed by atoms with E-state index in [1.54, 1.807) is 23.9 Å². The minimum absolute atomic E-state index is 0.967. The Labute approximate surface area is 74.7 Å². The summed E-state index contributed by atoms with van der Waals surface area (Å²) < 4.78 is 1.91. The fourth-order valence-electron chi connectivity index (χ4n) is 0.977. The molecule has 2 aromatic rings. The summed E-state index contributed by atoms with van der Waals surface area (Å²) in [5, 5.41) is 3.21. The molecule has 62 valence electrons. The molecule has 2 aromatic heterocycles. The van der Waals surface area contributed by atoms with Crippen molar-refractivity contribution in [2.45, 2.75) is 13.3 Å². The van der Waals surface area contributed by atoms with Crippen LogP contribution < -0.4 is 0 Å². The van der Waals surface area contributed by atoms with Gasteiger partial charge in [0, 0.05) is 17.8 Å². The molecule has 0 saturated carbocycles. The fraction of sp³-hybridized carbons (Fsp3) is 0.250. The van der Waals surface area contributed by atoms with Gasteiger partial charge in [-0.1, -0.05) is 6.92 Å². The van der Waals surface area contributed by atoms with Gasteiger partial charge in [0.1, 0.15) is 12.1 Å². The first-order valence-electron chi connectivity index (χ1n) is 3.83. The summed E-state index contributed by atoms with van der Waals surface area (Å²) in [6, 6.07) is 0. The number of thiazole rings is 1. The summed E-state index contributed by atoms with van der Waals surface area (Å²) in [6.45, 7) is 2.11. The van der Waals surface area contributed by atoms with Gasteiger partial charge in [0.15, 0.2) is 0 Å². The van der Waals surface area contributed by atoms with E-state index in [4.69, 9.17) is 0 Å². The number of hydrogen-bond donors (Lipinski definition) is 0. The van der Waals surface area contributed by atoms with Gasteiger partial charge in [-0.05, 0) is 6.42 Å². The molecule has 0 radical (unpaired) electrons. The predicted molar refractivity (Wildman–Crippen MR) is 48.6 cm³/mol. The standard InChI is InChI=1S/C8H9N3S/c1-2-8-10-7(5-12-8)11-4-3-9-6-11/h3-6H,2H2,1H3. The molecule has 0 atom stereocenters. The second kappa shape index (κ2) is 3.06. The molecule has 0 amide bonds. The highest BCUT2D eigenvalue weighted by Crippen LogP contribution is 2.13. The van der Waals surface area contributed by atoms with E-state index >= 15 is 0 Å². The van der Waals surface area contributed by atoms with Crippen molar-refractivity contribution in [1.82, 2.24) is 14.5 Å². The Morgan fingerprint density at radius 1 is 1.58 bits per heavy atom. The number of aryl methyl sites for hydroxylation is 1. The summed E-state index contributed by atoms with van der Waals surface area (Å²) in [5.74, 6) is 0.967. The van der Waals surface area contributed by atoms with Crippen molar-refractivity contribution in [2.24, 2.45) is 0 Å². The molecule has 0 fully saturated rings. The number of imidazole rings is 1. The van der Waals surface area contributed by atoms with Gasteiger partial charge in [0.25, 0.3) is 0 Å². The van der Waals surface area contributed by atoms with Crippen LogP contribution in [0, 0.1) is 0 Å². The molecule has 0 unspecified atom stereocenters. The normalized spacial score (nSPS) is 10.4. The highest BCUT2D eigenvalue weighted by atomic mass is 32.1. The van der Waals surface area contributed by atoms with Crippen LogP contribution in [-0.2, 0) is 6.42 Å². The quantitative estimate of drug-likeness (QED) is 0.704. The lowest BCUT2D eigenvalue weighted by molar-refractivity contribution is 0.978. The summed E-state index contributed by atoms with van der Waals surface area (Å²) in [4.78, 5) is 8.37. The van der Waals surface area contributed by atoms with Crippen LogP contribution in [0.5, 0.6) is 0 Å². The molecule has 2 rings (SSSR count). The zero-order valence-electron chi connectivity index (χ0n) is 6.77. The van der Waals surface area contributed by atoms with Crippen LogP contribution in [0.3, 0.4) is 0 Å². The van der Waals surface area contributed by atoms with Gasteiger partial charge < -0.3 is 0 Å². The van der Waals surface area contributed by atoms with Gasteiger partial charge >= 0.3 is 0 Å². The molecular weight excluding hydrogens is 170 g/mol. The predicted octanol–water partition coefficient (Wildman–Crippen LogP) is 1.89. The van der Waals surface area contributed by atoms with Gasteiger partial charge in [0.2, 0.25) is 0 Å². The number of aromatic nitrogens is 3.